The second kappa shape index (κ2) is 9.16. The van der Waals surface area contributed by atoms with Crippen LogP contribution < -0.4 is 10.6 Å². The van der Waals surface area contributed by atoms with Gasteiger partial charge in [0.1, 0.15) is 0 Å². The topological polar surface area (TPSA) is 58.2 Å². The Kier molecular flexibility index (Phi) is 7.44. The Bertz CT molecular complexity index is 532. The number of nitrogens with one attached hydrogen (secondary N) is 2. The number of alkyl halides is 1. The molecule has 2 N–H and O–H groups in total. The lowest BCUT2D eigenvalue weighted by Crippen LogP contribution is -2.23. The van der Waals surface area contributed by atoms with E-state index >= 15 is 0 Å². The summed E-state index contributed by atoms with van der Waals surface area (Å²) in [6.07, 6.45) is 1.29. The fourth-order valence-electron chi connectivity index (χ4n) is 1.52. The van der Waals surface area contributed by atoms with Gasteiger partial charge in [-0.15, -0.1) is 0 Å². The van der Waals surface area contributed by atoms with E-state index in [1.54, 1.807) is 25.2 Å². The molecule has 0 atom stereocenters. The van der Waals surface area contributed by atoms with Crippen molar-refractivity contribution in [3.8, 4) is 11.8 Å². The molecule has 1 rings (SSSR count). The van der Waals surface area contributed by atoms with Gasteiger partial charge in [-0.05, 0) is 18.6 Å². The Morgan fingerprint density at radius 3 is 2.75 bits per heavy atom. The number of hydrogen-bond acceptors (Lipinski definition) is 2. The largest absolute Gasteiger partial charge is 0.355 e. The van der Waals surface area contributed by atoms with E-state index in [4.69, 9.17) is 0 Å². The molecule has 0 aromatic heterocycles. The first-order chi connectivity index (χ1) is 9.69. The third-order valence-corrected chi connectivity index (χ3v) is 3.09. The molecular formula is C15H17BrN2O2. The summed E-state index contributed by atoms with van der Waals surface area (Å²) in [6.45, 7) is 0.281. The van der Waals surface area contributed by atoms with Crippen molar-refractivity contribution in [1.82, 2.24) is 10.6 Å². The van der Waals surface area contributed by atoms with Gasteiger partial charge in [-0.1, -0.05) is 39.9 Å². The van der Waals surface area contributed by atoms with E-state index < -0.39 is 0 Å². The fourth-order valence-corrected chi connectivity index (χ4v) is 1.80. The van der Waals surface area contributed by atoms with Crippen molar-refractivity contribution in [2.45, 2.75) is 12.8 Å². The second-order valence-corrected chi connectivity index (χ2v) is 4.79. The monoisotopic (exact) mass is 336 g/mol. The lowest BCUT2D eigenvalue weighted by molar-refractivity contribution is -0.120. The summed E-state index contributed by atoms with van der Waals surface area (Å²) in [5, 5.41) is 6.10. The molecule has 20 heavy (non-hydrogen) atoms. The fraction of sp³-hybridized carbons (Fsp3) is 0.333. The molecule has 0 saturated heterocycles. The molecule has 0 saturated carbocycles. The molecule has 0 aliphatic heterocycles. The predicted octanol–water partition coefficient (Wildman–Crippen LogP) is 1.69. The van der Waals surface area contributed by atoms with Crippen molar-refractivity contribution < 1.29 is 9.59 Å². The van der Waals surface area contributed by atoms with Crippen LogP contribution in [0.1, 0.15) is 28.8 Å². The molecule has 2 amide bonds. The average molecular weight is 337 g/mol. The standard InChI is InChI=1S/C15H17BrN2O2/c1-17-15(20)13-8-3-2-6-12(13)7-5-11-18-14(19)9-4-10-16/h2-3,6,8H,4,9-11H2,1H3,(H,17,20)(H,18,19). The summed E-state index contributed by atoms with van der Waals surface area (Å²) in [4.78, 5) is 23.0. The Balaban J connectivity index is 2.60. The van der Waals surface area contributed by atoms with Gasteiger partial charge in [-0.3, -0.25) is 9.59 Å². The van der Waals surface area contributed by atoms with Crippen molar-refractivity contribution in [2.24, 2.45) is 0 Å². The molecule has 4 nitrogen and oxygen atoms in total. The number of hydrogen-bond donors (Lipinski definition) is 2. The second-order valence-electron chi connectivity index (χ2n) is 4.00. The maximum Gasteiger partial charge on any atom is 0.252 e. The van der Waals surface area contributed by atoms with Crippen LogP contribution in [-0.2, 0) is 4.79 Å². The molecule has 5 heteroatoms. The van der Waals surface area contributed by atoms with Gasteiger partial charge in [0.2, 0.25) is 5.91 Å². The quantitative estimate of drug-likeness (QED) is 0.635. The summed E-state index contributed by atoms with van der Waals surface area (Å²) >= 11 is 3.27. The van der Waals surface area contributed by atoms with E-state index in [0.29, 0.717) is 17.5 Å². The Labute approximate surface area is 127 Å². The van der Waals surface area contributed by atoms with Crippen molar-refractivity contribution in [2.75, 3.05) is 18.9 Å². The number of halogens is 1. The van der Waals surface area contributed by atoms with E-state index in [9.17, 15) is 9.59 Å². The van der Waals surface area contributed by atoms with Gasteiger partial charge in [0, 0.05) is 24.4 Å². The SMILES string of the molecule is CNC(=O)c1ccccc1C#CCNC(=O)CCCBr. The van der Waals surface area contributed by atoms with Gasteiger partial charge in [0.05, 0.1) is 12.1 Å². The van der Waals surface area contributed by atoms with Crippen molar-refractivity contribution in [3.63, 3.8) is 0 Å². The molecule has 106 valence electrons. The highest BCUT2D eigenvalue weighted by molar-refractivity contribution is 9.09. The van der Waals surface area contributed by atoms with Gasteiger partial charge >= 0.3 is 0 Å². The predicted molar refractivity (Wildman–Crippen MR) is 82.7 cm³/mol. The van der Waals surface area contributed by atoms with Crippen LogP contribution in [0.5, 0.6) is 0 Å². The van der Waals surface area contributed by atoms with Crippen LogP contribution in [0.2, 0.25) is 0 Å². The maximum atomic E-state index is 11.6. The lowest BCUT2D eigenvalue weighted by Gasteiger charge is -2.02. The first kappa shape index (κ1) is 16.3. The van der Waals surface area contributed by atoms with Crippen LogP contribution in [0, 0.1) is 11.8 Å². The third-order valence-electron chi connectivity index (χ3n) is 2.53. The molecular weight excluding hydrogens is 320 g/mol. The van der Waals surface area contributed by atoms with Crippen LogP contribution in [-0.4, -0.2) is 30.7 Å². The lowest BCUT2D eigenvalue weighted by atomic mass is 10.1. The van der Waals surface area contributed by atoms with Crippen LogP contribution in [0.3, 0.4) is 0 Å². The van der Waals surface area contributed by atoms with Gasteiger partial charge in [0.15, 0.2) is 0 Å². The number of amides is 2. The number of carbonyl (C=O) groups is 2. The highest BCUT2D eigenvalue weighted by atomic mass is 79.9. The van der Waals surface area contributed by atoms with Crippen molar-refractivity contribution in [3.05, 3.63) is 35.4 Å². The summed E-state index contributed by atoms with van der Waals surface area (Å²) in [7, 11) is 1.58. The normalized spacial score (nSPS) is 9.30. The summed E-state index contributed by atoms with van der Waals surface area (Å²) in [5.74, 6) is 5.57. The van der Waals surface area contributed by atoms with Crippen LogP contribution in [0.4, 0.5) is 0 Å². The van der Waals surface area contributed by atoms with E-state index in [0.717, 1.165) is 11.8 Å². The highest BCUT2D eigenvalue weighted by Crippen LogP contribution is 2.06. The van der Waals surface area contributed by atoms with Crippen LogP contribution in [0.25, 0.3) is 0 Å². The minimum atomic E-state index is -0.170. The smallest absolute Gasteiger partial charge is 0.252 e. The Hall–Kier alpha value is -1.80. The number of benzene rings is 1. The van der Waals surface area contributed by atoms with Gasteiger partial charge in [0.25, 0.3) is 5.91 Å². The van der Waals surface area contributed by atoms with Gasteiger partial charge in [-0.2, -0.15) is 0 Å². The summed E-state index contributed by atoms with van der Waals surface area (Å²) in [5.41, 5.74) is 1.19. The molecule has 0 fully saturated rings. The number of carbonyl (C=O) groups excluding carboxylic acids is 2. The molecule has 0 radical (unpaired) electrons. The zero-order valence-electron chi connectivity index (χ0n) is 11.3. The number of rotatable bonds is 5. The van der Waals surface area contributed by atoms with E-state index in [1.807, 2.05) is 6.07 Å². The maximum absolute atomic E-state index is 11.6. The first-order valence-corrected chi connectivity index (χ1v) is 7.43. The van der Waals surface area contributed by atoms with Gasteiger partial charge < -0.3 is 10.6 Å². The molecule has 0 aliphatic carbocycles. The average Bonchev–Trinajstić information content (AvgIpc) is 2.49. The van der Waals surface area contributed by atoms with Crippen LogP contribution in [0.15, 0.2) is 24.3 Å². The first-order valence-electron chi connectivity index (χ1n) is 6.31. The molecule has 0 aliphatic rings. The Morgan fingerprint density at radius 2 is 2.05 bits per heavy atom. The molecule has 0 unspecified atom stereocenters. The van der Waals surface area contributed by atoms with Gasteiger partial charge in [-0.25, -0.2) is 0 Å². The molecule has 1 aromatic rings. The Morgan fingerprint density at radius 1 is 1.30 bits per heavy atom. The highest BCUT2D eigenvalue weighted by Gasteiger charge is 2.06. The zero-order chi connectivity index (χ0) is 14.8. The molecule has 0 spiro atoms. The third kappa shape index (κ3) is 5.45. The minimum Gasteiger partial charge on any atom is -0.355 e. The van der Waals surface area contributed by atoms with E-state index in [1.165, 1.54) is 0 Å². The molecule has 1 aromatic carbocycles. The van der Waals surface area contributed by atoms with E-state index in [2.05, 4.69) is 38.4 Å². The molecule has 0 bridgehead atoms. The minimum absolute atomic E-state index is 0.0154. The van der Waals surface area contributed by atoms with Crippen molar-refractivity contribution >= 4 is 27.7 Å². The summed E-state index contributed by atoms with van der Waals surface area (Å²) < 4.78 is 0. The summed E-state index contributed by atoms with van der Waals surface area (Å²) in [6, 6.07) is 7.12. The van der Waals surface area contributed by atoms with E-state index in [-0.39, 0.29) is 18.4 Å². The zero-order valence-corrected chi connectivity index (χ0v) is 12.9. The molecule has 0 heterocycles. The van der Waals surface area contributed by atoms with Crippen LogP contribution >= 0.6 is 15.9 Å². The van der Waals surface area contributed by atoms with Crippen molar-refractivity contribution in [1.29, 1.82) is 0 Å².